The summed E-state index contributed by atoms with van der Waals surface area (Å²) in [6.07, 6.45) is 3.04. The number of ether oxygens (including phenoxy) is 1. The molecule has 0 atom stereocenters. The minimum Gasteiger partial charge on any atom is -0.455 e. The number of aryl methyl sites for hydroxylation is 1. The predicted octanol–water partition coefficient (Wildman–Crippen LogP) is 2.93. The summed E-state index contributed by atoms with van der Waals surface area (Å²) in [5.41, 5.74) is 6.92. The van der Waals surface area contributed by atoms with Crippen molar-refractivity contribution in [3.63, 3.8) is 0 Å². The third-order valence-electron chi connectivity index (χ3n) is 2.53. The number of halogens is 1. The van der Waals surface area contributed by atoms with Crippen molar-refractivity contribution < 1.29 is 9.94 Å². The Morgan fingerprint density at radius 2 is 2.16 bits per heavy atom. The smallest absolute Gasteiger partial charge is 0.173 e. The van der Waals surface area contributed by atoms with Crippen molar-refractivity contribution in [3.8, 4) is 11.5 Å². The first-order chi connectivity index (χ1) is 9.11. The highest BCUT2D eigenvalue weighted by molar-refractivity contribution is 6.30. The summed E-state index contributed by atoms with van der Waals surface area (Å²) in [4.78, 5) is 3.96. The monoisotopic (exact) mass is 277 g/mol. The summed E-state index contributed by atoms with van der Waals surface area (Å²) in [5.74, 6) is 0.997. The van der Waals surface area contributed by atoms with Gasteiger partial charge in [-0.15, -0.1) is 0 Å². The summed E-state index contributed by atoms with van der Waals surface area (Å²) in [6.45, 7) is 1.88. The van der Waals surface area contributed by atoms with Gasteiger partial charge in [0.15, 0.2) is 11.6 Å². The molecule has 2 rings (SSSR count). The van der Waals surface area contributed by atoms with Crippen LogP contribution in [0.3, 0.4) is 0 Å². The topological polar surface area (TPSA) is 80.7 Å². The Morgan fingerprint density at radius 3 is 2.84 bits per heavy atom. The van der Waals surface area contributed by atoms with E-state index in [9.17, 15) is 0 Å². The van der Waals surface area contributed by atoms with Crippen LogP contribution in [-0.4, -0.2) is 16.0 Å². The zero-order valence-electron chi connectivity index (χ0n) is 10.2. The van der Waals surface area contributed by atoms with E-state index in [-0.39, 0.29) is 5.84 Å². The quantitative estimate of drug-likeness (QED) is 0.391. The maximum Gasteiger partial charge on any atom is 0.173 e. The summed E-state index contributed by atoms with van der Waals surface area (Å²) in [5, 5.41) is 12.3. The lowest BCUT2D eigenvalue weighted by atomic mass is 10.2. The summed E-state index contributed by atoms with van der Waals surface area (Å²) in [6, 6.07) is 6.87. The van der Waals surface area contributed by atoms with Crippen LogP contribution in [0, 0.1) is 6.92 Å². The van der Waals surface area contributed by atoms with E-state index in [0.717, 1.165) is 5.56 Å². The zero-order valence-corrected chi connectivity index (χ0v) is 10.9. The molecule has 0 amide bonds. The summed E-state index contributed by atoms with van der Waals surface area (Å²) < 4.78 is 5.73. The number of amidine groups is 1. The molecule has 0 saturated heterocycles. The van der Waals surface area contributed by atoms with Crippen LogP contribution in [0.4, 0.5) is 0 Å². The van der Waals surface area contributed by atoms with Gasteiger partial charge in [0.1, 0.15) is 5.75 Å². The minimum atomic E-state index is -0.0379. The minimum absolute atomic E-state index is 0.0379. The van der Waals surface area contributed by atoms with E-state index in [1.165, 1.54) is 12.4 Å². The van der Waals surface area contributed by atoms with Crippen LogP contribution >= 0.6 is 11.6 Å². The van der Waals surface area contributed by atoms with E-state index in [2.05, 4.69) is 10.1 Å². The van der Waals surface area contributed by atoms with Gasteiger partial charge in [-0.3, -0.25) is 4.98 Å². The normalized spacial score (nSPS) is 11.4. The van der Waals surface area contributed by atoms with E-state index < -0.39 is 0 Å². The first-order valence-corrected chi connectivity index (χ1v) is 5.85. The number of pyridine rings is 1. The van der Waals surface area contributed by atoms with Crippen LogP contribution in [0.2, 0.25) is 5.02 Å². The lowest BCUT2D eigenvalue weighted by molar-refractivity contribution is 0.318. The average Bonchev–Trinajstić information content (AvgIpc) is 2.41. The molecule has 0 bridgehead atoms. The fraction of sp³-hybridized carbons (Fsp3) is 0.0769. The van der Waals surface area contributed by atoms with Crippen LogP contribution in [0.5, 0.6) is 11.5 Å². The molecule has 0 saturated carbocycles. The molecule has 1 heterocycles. The average molecular weight is 278 g/mol. The molecule has 0 aliphatic heterocycles. The molecular weight excluding hydrogens is 266 g/mol. The molecule has 6 heteroatoms. The van der Waals surface area contributed by atoms with Crippen molar-refractivity contribution in [2.45, 2.75) is 6.92 Å². The molecule has 19 heavy (non-hydrogen) atoms. The lowest BCUT2D eigenvalue weighted by Gasteiger charge is -2.11. The zero-order chi connectivity index (χ0) is 13.8. The number of rotatable bonds is 3. The first kappa shape index (κ1) is 13.2. The number of benzene rings is 1. The van der Waals surface area contributed by atoms with Crippen LogP contribution in [0.15, 0.2) is 41.8 Å². The second-order valence-corrected chi connectivity index (χ2v) is 4.31. The Labute approximate surface area is 115 Å². The van der Waals surface area contributed by atoms with E-state index >= 15 is 0 Å². The van der Waals surface area contributed by atoms with Gasteiger partial charge in [0.05, 0.1) is 11.8 Å². The van der Waals surface area contributed by atoms with Gasteiger partial charge in [-0.1, -0.05) is 16.8 Å². The highest BCUT2D eigenvalue weighted by atomic mass is 35.5. The highest BCUT2D eigenvalue weighted by Crippen LogP contribution is 2.28. The Morgan fingerprint density at radius 1 is 1.37 bits per heavy atom. The number of nitrogens with two attached hydrogens (primary N) is 1. The summed E-state index contributed by atoms with van der Waals surface area (Å²) >= 11 is 5.88. The molecule has 3 N–H and O–H groups in total. The van der Waals surface area contributed by atoms with Gasteiger partial charge < -0.3 is 15.7 Å². The van der Waals surface area contributed by atoms with Gasteiger partial charge in [-0.05, 0) is 36.8 Å². The third-order valence-corrected chi connectivity index (χ3v) is 2.76. The van der Waals surface area contributed by atoms with Gasteiger partial charge >= 0.3 is 0 Å². The first-order valence-electron chi connectivity index (χ1n) is 5.47. The number of oxime groups is 1. The maximum atomic E-state index is 8.74. The van der Waals surface area contributed by atoms with Crippen LogP contribution in [-0.2, 0) is 0 Å². The molecule has 98 valence electrons. The van der Waals surface area contributed by atoms with Gasteiger partial charge in [0.2, 0.25) is 0 Å². The van der Waals surface area contributed by atoms with Crippen LogP contribution in [0.1, 0.15) is 11.1 Å². The third kappa shape index (κ3) is 2.95. The van der Waals surface area contributed by atoms with Gasteiger partial charge in [0, 0.05) is 11.2 Å². The van der Waals surface area contributed by atoms with Crippen LogP contribution < -0.4 is 10.5 Å². The predicted molar refractivity (Wildman–Crippen MR) is 73.0 cm³/mol. The lowest BCUT2D eigenvalue weighted by Crippen LogP contribution is -2.14. The molecule has 1 aromatic heterocycles. The molecule has 0 aliphatic carbocycles. The largest absolute Gasteiger partial charge is 0.455 e. The SMILES string of the molecule is Cc1cc(Cl)ccc1Oc1cnccc1/C(N)=N/O. The van der Waals surface area contributed by atoms with E-state index in [1.807, 2.05) is 6.92 Å². The highest BCUT2D eigenvalue weighted by Gasteiger charge is 2.10. The van der Waals surface area contributed by atoms with E-state index in [1.54, 1.807) is 24.3 Å². The maximum absolute atomic E-state index is 8.74. The molecule has 0 unspecified atom stereocenters. The summed E-state index contributed by atoms with van der Waals surface area (Å²) in [7, 11) is 0. The van der Waals surface area contributed by atoms with E-state index in [4.69, 9.17) is 27.3 Å². The van der Waals surface area contributed by atoms with Gasteiger partial charge in [0.25, 0.3) is 0 Å². The molecule has 0 aliphatic rings. The van der Waals surface area contributed by atoms with E-state index in [0.29, 0.717) is 22.1 Å². The van der Waals surface area contributed by atoms with Crippen molar-refractivity contribution >= 4 is 17.4 Å². The van der Waals surface area contributed by atoms with Crippen molar-refractivity contribution in [3.05, 3.63) is 52.8 Å². The second kappa shape index (κ2) is 5.58. The number of hydrogen-bond acceptors (Lipinski definition) is 4. The molecule has 0 spiro atoms. The van der Waals surface area contributed by atoms with Gasteiger partial charge in [-0.2, -0.15) is 0 Å². The Kier molecular flexibility index (Phi) is 3.87. The van der Waals surface area contributed by atoms with Crippen molar-refractivity contribution in [2.75, 3.05) is 0 Å². The van der Waals surface area contributed by atoms with Crippen molar-refractivity contribution in [2.24, 2.45) is 10.9 Å². The van der Waals surface area contributed by atoms with Crippen molar-refractivity contribution in [1.29, 1.82) is 0 Å². The fourth-order valence-electron chi connectivity index (χ4n) is 1.57. The Bertz CT molecular complexity index is 629. The van der Waals surface area contributed by atoms with Crippen LogP contribution in [0.25, 0.3) is 0 Å². The molecular formula is C13H12ClN3O2. The molecule has 0 radical (unpaired) electrons. The van der Waals surface area contributed by atoms with Crippen molar-refractivity contribution in [1.82, 2.24) is 4.98 Å². The Balaban J connectivity index is 2.38. The molecule has 1 aromatic carbocycles. The fourth-order valence-corrected chi connectivity index (χ4v) is 1.80. The standard InChI is InChI=1S/C13H12ClN3O2/c1-8-6-9(14)2-3-11(8)19-12-7-16-5-4-10(12)13(15)17-18/h2-7,18H,1H3,(H2,15,17). The molecule has 2 aromatic rings. The Hall–Kier alpha value is -2.27. The molecule has 5 nitrogen and oxygen atoms in total. The number of aromatic nitrogens is 1. The number of hydrogen-bond donors (Lipinski definition) is 2. The second-order valence-electron chi connectivity index (χ2n) is 3.87. The van der Waals surface area contributed by atoms with Gasteiger partial charge in [-0.25, -0.2) is 0 Å². The number of nitrogens with zero attached hydrogens (tertiary/aromatic N) is 2. The molecule has 0 fully saturated rings.